The first kappa shape index (κ1) is 25.4. The van der Waals surface area contributed by atoms with Crippen LogP contribution in [0.1, 0.15) is 19.4 Å². The number of aromatic nitrogens is 4. The van der Waals surface area contributed by atoms with Crippen molar-refractivity contribution in [3.05, 3.63) is 52.0 Å². The number of anilines is 1. The van der Waals surface area contributed by atoms with Crippen LogP contribution >= 0.6 is 35.0 Å². The molecule has 3 aromatic rings. The van der Waals surface area contributed by atoms with E-state index >= 15 is 0 Å². The van der Waals surface area contributed by atoms with E-state index in [4.69, 9.17) is 33.0 Å². The van der Waals surface area contributed by atoms with Crippen LogP contribution in [0.3, 0.4) is 0 Å². The second-order valence-electron chi connectivity index (χ2n) is 7.40. The van der Waals surface area contributed by atoms with Gasteiger partial charge in [0, 0.05) is 11.6 Å². The Morgan fingerprint density at radius 1 is 1.21 bits per heavy atom. The summed E-state index contributed by atoms with van der Waals surface area (Å²) in [5.74, 6) is 4.72. The van der Waals surface area contributed by atoms with Gasteiger partial charge in [0.1, 0.15) is 11.2 Å². The summed E-state index contributed by atoms with van der Waals surface area (Å²) in [6.07, 6.45) is 0. The van der Waals surface area contributed by atoms with Gasteiger partial charge in [0.15, 0.2) is 0 Å². The number of amides is 1. The monoisotopic (exact) mass is 519 g/mol. The van der Waals surface area contributed by atoms with Crippen molar-refractivity contribution in [2.24, 2.45) is 5.41 Å². The van der Waals surface area contributed by atoms with E-state index in [-0.39, 0.29) is 16.7 Å². The Labute approximate surface area is 209 Å². The summed E-state index contributed by atoms with van der Waals surface area (Å²) in [6.45, 7) is 3.02. The second kappa shape index (κ2) is 10.8. The summed E-state index contributed by atoms with van der Waals surface area (Å²) in [6, 6.07) is 9.86. The SMILES string of the molecule is COc1ccc(Cl)c(-n2nnnc2SCC(=O)Nc2ccc(C#CC(C)(C)C(=O)O)cc2Cl)c1. The second-order valence-corrected chi connectivity index (χ2v) is 9.16. The fraction of sp³-hybridized carbons (Fsp3) is 0.227. The molecule has 1 aromatic heterocycles. The number of nitrogens with one attached hydrogen (secondary N) is 1. The molecule has 0 saturated heterocycles. The van der Waals surface area contributed by atoms with Crippen molar-refractivity contribution in [1.82, 2.24) is 20.2 Å². The average Bonchev–Trinajstić information content (AvgIpc) is 3.26. The van der Waals surface area contributed by atoms with E-state index in [2.05, 4.69) is 32.7 Å². The number of tetrazole rings is 1. The van der Waals surface area contributed by atoms with Crippen LogP contribution in [0.15, 0.2) is 41.6 Å². The third-order valence-electron chi connectivity index (χ3n) is 4.45. The maximum Gasteiger partial charge on any atom is 0.321 e. The zero-order valence-corrected chi connectivity index (χ0v) is 20.6. The van der Waals surface area contributed by atoms with Gasteiger partial charge in [-0.2, -0.15) is 4.68 Å². The zero-order chi connectivity index (χ0) is 24.9. The Morgan fingerprint density at radius 2 is 1.97 bits per heavy atom. The Bertz CT molecular complexity index is 1300. The van der Waals surface area contributed by atoms with Crippen LogP contribution in [-0.2, 0) is 9.59 Å². The van der Waals surface area contributed by atoms with Crippen LogP contribution in [0.4, 0.5) is 5.69 Å². The molecule has 34 heavy (non-hydrogen) atoms. The highest BCUT2D eigenvalue weighted by Crippen LogP contribution is 2.28. The van der Waals surface area contributed by atoms with E-state index in [1.807, 2.05) is 0 Å². The lowest BCUT2D eigenvalue weighted by Gasteiger charge is -2.10. The van der Waals surface area contributed by atoms with Gasteiger partial charge in [-0.1, -0.05) is 46.8 Å². The van der Waals surface area contributed by atoms with Gasteiger partial charge in [-0.15, -0.1) is 5.10 Å². The maximum absolute atomic E-state index is 12.5. The topological polar surface area (TPSA) is 119 Å². The predicted molar refractivity (Wildman–Crippen MR) is 130 cm³/mol. The van der Waals surface area contributed by atoms with Gasteiger partial charge in [0.2, 0.25) is 11.1 Å². The summed E-state index contributed by atoms with van der Waals surface area (Å²) in [7, 11) is 1.54. The standard InChI is InChI=1S/C22H19Cl2N5O4S/c1-22(2,20(31)32)9-8-13-4-7-17(16(24)10-13)25-19(30)12-34-21-26-27-28-29(21)18-11-14(33-3)5-6-15(18)23/h4-7,10-11H,12H2,1-3H3,(H,25,30)(H,31,32). The van der Waals surface area contributed by atoms with Crippen LogP contribution in [-0.4, -0.2) is 50.1 Å². The molecule has 1 heterocycles. The van der Waals surface area contributed by atoms with E-state index < -0.39 is 11.4 Å². The molecule has 12 heteroatoms. The number of hydrogen-bond donors (Lipinski definition) is 2. The highest BCUT2D eigenvalue weighted by molar-refractivity contribution is 7.99. The van der Waals surface area contributed by atoms with Crippen molar-refractivity contribution in [2.45, 2.75) is 19.0 Å². The number of carbonyl (C=O) groups is 2. The number of rotatable bonds is 7. The van der Waals surface area contributed by atoms with Crippen molar-refractivity contribution >= 4 is 52.5 Å². The Hall–Kier alpha value is -3.26. The third-order valence-corrected chi connectivity index (χ3v) is 6.00. The molecular formula is C22H19Cl2N5O4S. The van der Waals surface area contributed by atoms with E-state index in [1.165, 1.54) is 25.6 Å². The van der Waals surface area contributed by atoms with E-state index in [0.717, 1.165) is 11.8 Å². The van der Waals surface area contributed by atoms with Gasteiger partial charge in [-0.25, -0.2) is 0 Å². The average molecular weight is 520 g/mol. The fourth-order valence-electron chi connectivity index (χ4n) is 2.49. The molecule has 0 saturated carbocycles. The molecule has 0 atom stereocenters. The lowest BCUT2D eigenvalue weighted by atomic mass is 9.94. The molecule has 0 radical (unpaired) electrons. The van der Waals surface area contributed by atoms with Crippen molar-refractivity contribution in [3.63, 3.8) is 0 Å². The number of ether oxygens (including phenoxy) is 1. The lowest BCUT2D eigenvalue weighted by Crippen LogP contribution is -2.21. The molecule has 0 fully saturated rings. The summed E-state index contributed by atoms with van der Waals surface area (Å²) in [5.41, 5.74) is 0.243. The number of carboxylic acids is 1. The van der Waals surface area contributed by atoms with E-state index in [1.54, 1.807) is 36.4 Å². The highest BCUT2D eigenvalue weighted by atomic mass is 35.5. The molecule has 0 aliphatic carbocycles. The van der Waals surface area contributed by atoms with Crippen LogP contribution in [0.5, 0.6) is 5.75 Å². The first-order valence-electron chi connectivity index (χ1n) is 9.72. The number of aliphatic carboxylic acids is 1. The number of benzene rings is 2. The van der Waals surface area contributed by atoms with Gasteiger partial charge in [0.05, 0.1) is 34.3 Å². The van der Waals surface area contributed by atoms with Crippen molar-refractivity contribution in [2.75, 3.05) is 18.2 Å². The van der Waals surface area contributed by atoms with Crippen LogP contribution in [0.25, 0.3) is 5.69 Å². The van der Waals surface area contributed by atoms with Gasteiger partial charge in [-0.05, 0) is 54.6 Å². The molecule has 0 bridgehead atoms. The molecule has 176 valence electrons. The summed E-state index contributed by atoms with van der Waals surface area (Å²) in [5, 5.41) is 24.5. The third kappa shape index (κ3) is 6.20. The normalized spacial score (nSPS) is 10.9. The Kier molecular flexibility index (Phi) is 8.04. The Morgan fingerprint density at radius 3 is 2.65 bits per heavy atom. The van der Waals surface area contributed by atoms with Crippen LogP contribution < -0.4 is 10.1 Å². The summed E-state index contributed by atoms with van der Waals surface area (Å²) >= 11 is 13.6. The number of halogens is 2. The molecule has 1 amide bonds. The Balaban J connectivity index is 1.67. The number of methoxy groups -OCH3 is 1. The fourth-order valence-corrected chi connectivity index (χ4v) is 3.60. The number of hydrogen-bond acceptors (Lipinski definition) is 7. The molecule has 2 N–H and O–H groups in total. The lowest BCUT2D eigenvalue weighted by molar-refractivity contribution is -0.143. The quantitative estimate of drug-likeness (QED) is 0.352. The number of thioether (sulfide) groups is 1. The van der Waals surface area contributed by atoms with Crippen molar-refractivity contribution in [1.29, 1.82) is 0 Å². The molecule has 9 nitrogen and oxygen atoms in total. The molecule has 2 aromatic carbocycles. The molecule has 0 unspecified atom stereocenters. The minimum atomic E-state index is -1.19. The molecular weight excluding hydrogens is 501 g/mol. The van der Waals surface area contributed by atoms with Gasteiger partial charge >= 0.3 is 5.97 Å². The summed E-state index contributed by atoms with van der Waals surface area (Å²) < 4.78 is 6.63. The number of carbonyl (C=O) groups excluding carboxylic acids is 1. The largest absolute Gasteiger partial charge is 0.497 e. The van der Waals surface area contributed by atoms with Crippen LogP contribution in [0.2, 0.25) is 10.0 Å². The first-order chi connectivity index (χ1) is 16.1. The smallest absolute Gasteiger partial charge is 0.321 e. The molecule has 0 aliphatic heterocycles. The molecule has 0 aliphatic rings. The minimum Gasteiger partial charge on any atom is -0.497 e. The maximum atomic E-state index is 12.5. The van der Waals surface area contributed by atoms with E-state index in [9.17, 15) is 9.59 Å². The van der Waals surface area contributed by atoms with Crippen LogP contribution in [0, 0.1) is 17.3 Å². The van der Waals surface area contributed by atoms with E-state index in [0.29, 0.717) is 32.9 Å². The predicted octanol–water partition coefficient (Wildman–Crippen LogP) is 4.17. The zero-order valence-electron chi connectivity index (χ0n) is 18.3. The molecule has 0 spiro atoms. The number of carboxylic acid groups (broad SMARTS) is 1. The summed E-state index contributed by atoms with van der Waals surface area (Å²) in [4.78, 5) is 23.7. The van der Waals surface area contributed by atoms with Gasteiger partial charge in [0.25, 0.3) is 0 Å². The van der Waals surface area contributed by atoms with Crippen molar-refractivity contribution in [3.8, 4) is 23.3 Å². The highest BCUT2D eigenvalue weighted by Gasteiger charge is 2.24. The minimum absolute atomic E-state index is 0.00659. The van der Waals surface area contributed by atoms with Gasteiger partial charge < -0.3 is 15.2 Å². The number of nitrogens with zero attached hydrogens (tertiary/aromatic N) is 4. The van der Waals surface area contributed by atoms with Crippen molar-refractivity contribution < 1.29 is 19.4 Å². The van der Waals surface area contributed by atoms with Gasteiger partial charge in [-0.3, -0.25) is 9.59 Å². The first-order valence-corrected chi connectivity index (χ1v) is 11.5. The molecule has 3 rings (SSSR count).